The minimum Gasteiger partial charge on any atom is -0.322 e. The molecule has 1 amide bonds. The van der Waals surface area contributed by atoms with Gasteiger partial charge >= 0.3 is 0 Å². The number of nitrogens with one attached hydrogen (secondary N) is 1. The third-order valence-corrected chi connectivity index (χ3v) is 4.67. The van der Waals surface area contributed by atoms with Crippen LogP contribution in [0.25, 0.3) is 11.0 Å². The average Bonchev–Trinajstić information content (AvgIpc) is 2.62. The first-order valence-corrected chi connectivity index (χ1v) is 9.11. The van der Waals surface area contributed by atoms with E-state index in [1.165, 1.54) is 5.56 Å². The lowest BCUT2D eigenvalue weighted by molar-refractivity contribution is 0.102. The van der Waals surface area contributed by atoms with Crippen molar-refractivity contribution >= 4 is 22.6 Å². The monoisotopic (exact) mass is 347 g/mol. The molecule has 0 saturated heterocycles. The number of aryl methyl sites for hydroxylation is 5. The quantitative estimate of drug-likeness (QED) is 0.728. The van der Waals surface area contributed by atoms with Crippen molar-refractivity contribution in [2.24, 2.45) is 0 Å². The average molecular weight is 347 g/mol. The highest BCUT2D eigenvalue weighted by Gasteiger charge is 2.13. The lowest BCUT2D eigenvalue weighted by atomic mass is 10.0. The van der Waals surface area contributed by atoms with Gasteiger partial charge in [0.15, 0.2) is 0 Å². The molecule has 1 heterocycles. The van der Waals surface area contributed by atoms with E-state index in [2.05, 4.69) is 38.2 Å². The number of hydrogen-bond acceptors (Lipinski definition) is 3. The second kappa shape index (κ2) is 7.24. The minimum atomic E-state index is -0.124. The maximum absolute atomic E-state index is 12.8. The molecule has 134 valence electrons. The summed E-state index contributed by atoms with van der Waals surface area (Å²) in [5.74, 6) is -0.124. The number of hydrogen-bond donors (Lipinski definition) is 1. The second-order valence-electron chi connectivity index (χ2n) is 6.76. The van der Waals surface area contributed by atoms with Crippen LogP contribution in [0.4, 0.5) is 5.69 Å². The highest BCUT2D eigenvalue weighted by atomic mass is 16.1. The van der Waals surface area contributed by atoms with E-state index in [0.29, 0.717) is 5.56 Å². The lowest BCUT2D eigenvalue weighted by Gasteiger charge is -2.13. The molecule has 3 aromatic rings. The molecule has 0 aliphatic carbocycles. The summed E-state index contributed by atoms with van der Waals surface area (Å²) >= 11 is 0. The zero-order valence-electron chi connectivity index (χ0n) is 16.1. The van der Waals surface area contributed by atoms with Crippen molar-refractivity contribution in [2.45, 2.75) is 47.5 Å². The van der Waals surface area contributed by atoms with E-state index in [4.69, 9.17) is 9.97 Å². The molecule has 26 heavy (non-hydrogen) atoms. The van der Waals surface area contributed by atoms with Crippen molar-refractivity contribution in [3.05, 3.63) is 64.0 Å². The van der Waals surface area contributed by atoms with E-state index in [1.54, 1.807) is 0 Å². The Bertz CT molecular complexity index is 969. The van der Waals surface area contributed by atoms with Gasteiger partial charge in [0.05, 0.1) is 22.4 Å². The van der Waals surface area contributed by atoms with Gasteiger partial charge in [0.2, 0.25) is 0 Å². The Morgan fingerprint density at radius 3 is 2.04 bits per heavy atom. The van der Waals surface area contributed by atoms with E-state index in [-0.39, 0.29) is 5.91 Å². The highest BCUT2D eigenvalue weighted by molar-refractivity contribution is 6.06. The standard InChI is InChI=1S/C22H25N3O/c1-6-17-18(7-2)24-20-12-16(8-9-19(20)23-17)22(26)25-21-14(4)10-13(3)11-15(21)5/h8-12H,6-7H2,1-5H3,(H,25,26). The van der Waals surface area contributed by atoms with Gasteiger partial charge < -0.3 is 5.32 Å². The molecular weight excluding hydrogens is 322 g/mol. The zero-order chi connectivity index (χ0) is 18.8. The van der Waals surface area contributed by atoms with Crippen molar-refractivity contribution in [3.8, 4) is 0 Å². The molecule has 0 unspecified atom stereocenters. The number of rotatable bonds is 4. The Kier molecular flexibility index (Phi) is 5.03. The first kappa shape index (κ1) is 18.1. The SMILES string of the molecule is CCc1nc2ccc(C(=O)Nc3c(C)cc(C)cc3C)cc2nc1CC. The number of benzene rings is 2. The highest BCUT2D eigenvalue weighted by Crippen LogP contribution is 2.23. The molecule has 0 atom stereocenters. The Morgan fingerprint density at radius 2 is 1.46 bits per heavy atom. The normalized spacial score (nSPS) is 11.0. The number of carbonyl (C=O) groups excluding carboxylic acids is 1. The summed E-state index contributed by atoms with van der Waals surface area (Å²) in [6.07, 6.45) is 1.70. The van der Waals surface area contributed by atoms with Gasteiger partial charge in [-0.2, -0.15) is 0 Å². The third kappa shape index (κ3) is 3.45. The molecular formula is C22H25N3O. The van der Waals surface area contributed by atoms with Gasteiger partial charge in [0.1, 0.15) is 0 Å². The van der Waals surface area contributed by atoms with Crippen LogP contribution in [-0.4, -0.2) is 15.9 Å². The van der Waals surface area contributed by atoms with Crippen molar-refractivity contribution in [1.29, 1.82) is 0 Å². The molecule has 1 N–H and O–H groups in total. The van der Waals surface area contributed by atoms with Crippen LogP contribution in [0.2, 0.25) is 0 Å². The van der Waals surface area contributed by atoms with Crippen LogP contribution in [0.5, 0.6) is 0 Å². The summed E-state index contributed by atoms with van der Waals surface area (Å²) in [6, 6.07) is 9.68. The fraction of sp³-hybridized carbons (Fsp3) is 0.318. The summed E-state index contributed by atoms with van der Waals surface area (Å²) < 4.78 is 0. The number of anilines is 1. The maximum atomic E-state index is 12.8. The van der Waals surface area contributed by atoms with E-state index >= 15 is 0 Å². The van der Waals surface area contributed by atoms with Crippen molar-refractivity contribution < 1.29 is 4.79 Å². The molecule has 0 radical (unpaired) electrons. The number of amides is 1. The van der Waals surface area contributed by atoms with Crippen LogP contribution < -0.4 is 5.32 Å². The van der Waals surface area contributed by atoms with E-state index < -0.39 is 0 Å². The van der Waals surface area contributed by atoms with Gasteiger partial charge in [-0.3, -0.25) is 4.79 Å². The Labute approximate surface area is 154 Å². The van der Waals surface area contributed by atoms with Crippen LogP contribution in [0.3, 0.4) is 0 Å². The minimum absolute atomic E-state index is 0.124. The molecule has 0 aliphatic rings. The predicted octanol–water partition coefficient (Wildman–Crippen LogP) is 4.93. The first-order valence-electron chi connectivity index (χ1n) is 9.11. The molecule has 0 saturated carbocycles. The number of fused-ring (bicyclic) bond motifs is 1. The number of aromatic nitrogens is 2. The molecule has 2 aromatic carbocycles. The van der Waals surface area contributed by atoms with Crippen molar-refractivity contribution in [1.82, 2.24) is 9.97 Å². The van der Waals surface area contributed by atoms with E-state index in [0.717, 1.165) is 52.1 Å². The Hall–Kier alpha value is -2.75. The topological polar surface area (TPSA) is 54.9 Å². The van der Waals surface area contributed by atoms with Gasteiger partial charge in [0, 0.05) is 11.3 Å². The first-order chi connectivity index (χ1) is 12.4. The fourth-order valence-electron chi connectivity index (χ4n) is 3.40. The van der Waals surface area contributed by atoms with Gasteiger partial charge in [-0.25, -0.2) is 9.97 Å². The van der Waals surface area contributed by atoms with Crippen molar-refractivity contribution in [2.75, 3.05) is 5.32 Å². The Morgan fingerprint density at radius 1 is 0.885 bits per heavy atom. The Balaban J connectivity index is 1.96. The summed E-state index contributed by atoms with van der Waals surface area (Å²) in [5, 5.41) is 3.05. The molecule has 0 aliphatic heterocycles. The van der Waals surface area contributed by atoms with Crippen LogP contribution in [-0.2, 0) is 12.8 Å². The molecule has 4 heteroatoms. The summed E-state index contributed by atoms with van der Waals surface area (Å²) in [5.41, 5.74) is 8.43. The largest absolute Gasteiger partial charge is 0.322 e. The number of nitrogens with zero attached hydrogens (tertiary/aromatic N) is 2. The number of carbonyl (C=O) groups is 1. The summed E-state index contributed by atoms with van der Waals surface area (Å²) in [6.45, 7) is 10.3. The summed E-state index contributed by atoms with van der Waals surface area (Å²) in [4.78, 5) is 22.2. The predicted molar refractivity (Wildman–Crippen MR) is 107 cm³/mol. The lowest BCUT2D eigenvalue weighted by Crippen LogP contribution is -2.14. The molecule has 4 nitrogen and oxygen atoms in total. The molecule has 3 rings (SSSR count). The summed E-state index contributed by atoms with van der Waals surface area (Å²) in [7, 11) is 0. The van der Waals surface area contributed by atoms with Gasteiger partial charge in [-0.1, -0.05) is 31.5 Å². The third-order valence-electron chi connectivity index (χ3n) is 4.67. The smallest absolute Gasteiger partial charge is 0.255 e. The molecule has 1 aromatic heterocycles. The van der Waals surface area contributed by atoms with Crippen LogP contribution in [0, 0.1) is 20.8 Å². The van der Waals surface area contributed by atoms with E-state index in [9.17, 15) is 4.79 Å². The van der Waals surface area contributed by atoms with Gasteiger partial charge in [-0.05, 0) is 62.9 Å². The van der Waals surface area contributed by atoms with Crippen LogP contribution in [0.15, 0.2) is 30.3 Å². The molecule has 0 bridgehead atoms. The molecule has 0 fully saturated rings. The second-order valence-corrected chi connectivity index (χ2v) is 6.76. The van der Waals surface area contributed by atoms with Crippen LogP contribution >= 0.6 is 0 Å². The van der Waals surface area contributed by atoms with Gasteiger partial charge in [0.25, 0.3) is 5.91 Å². The maximum Gasteiger partial charge on any atom is 0.255 e. The van der Waals surface area contributed by atoms with Crippen LogP contribution in [0.1, 0.15) is 52.3 Å². The zero-order valence-corrected chi connectivity index (χ0v) is 16.1. The fourth-order valence-corrected chi connectivity index (χ4v) is 3.40. The van der Waals surface area contributed by atoms with Gasteiger partial charge in [-0.15, -0.1) is 0 Å². The van der Waals surface area contributed by atoms with Crippen molar-refractivity contribution in [3.63, 3.8) is 0 Å². The molecule has 0 spiro atoms. The van der Waals surface area contributed by atoms with E-state index in [1.807, 2.05) is 32.0 Å².